The number of esters is 2. The number of hydrogen-bond donors (Lipinski definition) is 8. The molecule has 2 saturated heterocycles. The van der Waals surface area contributed by atoms with Gasteiger partial charge in [0, 0.05) is 107 Å². The molecular weight excluding hydrogens is 1220 g/mol. The van der Waals surface area contributed by atoms with Gasteiger partial charge in [0.25, 0.3) is 0 Å². The summed E-state index contributed by atoms with van der Waals surface area (Å²) in [6, 6.07) is 0. The van der Waals surface area contributed by atoms with E-state index in [0.29, 0.717) is 64.2 Å². The highest BCUT2D eigenvalue weighted by atomic mass is 16.6. The van der Waals surface area contributed by atoms with Crippen molar-refractivity contribution in [3.05, 3.63) is 47.6 Å². The molecule has 0 aromatic carbocycles. The standard InChI is InChI=1S/C75H126O20/c1-17-55-35-63(87-14)37-61(91-55)31-27-43(3)71(83)52(12)73-50(10)67(81)41-65(79)48(8)69(89-16)39-59-23-18-20-56(92-59)33-53(76)28-24-44(4)74(84)94-72(51(11)70(82)42(2)26-30-60-36-62(86-13)32-46(6)90-60)49(9)66(80)40-64(78)47(7)68(88-15)38-58-22-19-21-57(93-58)34-54(77)29-25-45(5)75(85)95-73/h1,18-21,24-25,42-43,46-73,76-83H,22-23,26-41H2,2-16H3/b44-24+,45-25+/t42-,43+,46-,47-,48-,49-,50-,51-,52+,53-,54-,55-,56-,57-,58-,59-,60-,61-,62+,63+,64-,65-,66+,67+,68?,69-,70-,71-,72-,73-/m0/s1. The van der Waals surface area contributed by atoms with Crippen LogP contribution in [0.5, 0.6) is 0 Å². The Morgan fingerprint density at radius 1 is 0.505 bits per heavy atom. The van der Waals surface area contributed by atoms with Crippen LogP contribution in [0.25, 0.3) is 0 Å². The molecule has 5 aliphatic heterocycles. The average molecular weight is 1350 g/mol. The monoisotopic (exact) mass is 1350 g/mol. The Hall–Kier alpha value is -3.18. The van der Waals surface area contributed by atoms with Crippen LogP contribution in [0.15, 0.2) is 47.6 Å². The Balaban J connectivity index is 1.38. The molecule has 20 nitrogen and oxygen atoms in total. The molecule has 1 unspecified atom stereocenters. The number of terminal acetylenes is 1. The van der Waals surface area contributed by atoms with Crippen molar-refractivity contribution in [1.29, 1.82) is 0 Å². The van der Waals surface area contributed by atoms with Gasteiger partial charge >= 0.3 is 11.9 Å². The largest absolute Gasteiger partial charge is 0.458 e. The minimum Gasteiger partial charge on any atom is -0.458 e. The van der Waals surface area contributed by atoms with E-state index in [2.05, 4.69) is 5.92 Å². The molecule has 0 aromatic heterocycles. The van der Waals surface area contributed by atoms with Gasteiger partial charge in [0.15, 0.2) is 0 Å². The molecule has 0 radical (unpaired) electrons. The molecule has 0 amide bonds. The maximum absolute atomic E-state index is 14.2. The minimum absolute atomic E-state index is 0.0387. The van der Waals surface area contributed by atoms with Gasteiger partial charge in [-0.1, -0.05) is 97.8 Å². The minimum atomic E-state index is -1.20. The Morgan fingerprint density at radius 3 is 1.28 bits per heavy atom. The van der Waals surface area contributed by atoms with Crippen molar-refractivity contribution in [2.24, 2.45) is 47.3 Å². The summed E-state index contributed by atoms with van der Waals surface area (Å²) >= 11 is 0. The molecule has 546 valence electrons. The lowest BCUT2D eigenvalue weighted by Gasteiger charge is -2.38. The van der Waals surface area contributed by atoms with Crippen molar-refractivity contribution in [1.82, 2.24) is 0 Å². The van der Waals surface area contributed by atoms with Gasteiger partial charge in [0.05, 0.1) is 116 Å². The number of methoxy groups -OCH3 is 4. The normalized spacial score (nSPS) is 41.0. The summed E-state index contributed by atoms with van der Waals surface area (Å²) in [6.07, 6.45) is 10.8. The first-order valence-electron chi connectivity index (χ1n) is 35.7. The summed E-state index contributed by atoms with van der Waals surface area (Å²) in [4.78, 5) is 28.4. The second-order valence-electron chi connectivity index (χ2n) is 29.3. The van der Waals surface area contributed by atoms with Gasteiger partial charge in [-0.15, -0.1) is 6.42 Å². The number of carbonyl (C=O) groups is 2. The van der Waals surface area contributed by atoms with E-state index in [0.717, 1.165) is 12.8 Å². The van der Waals surface area contributed by atoms with Crippen LogP contribution in [-0.4, -0.2) is 216 Å². The fraction of sp³-hybridized carbons (Fsp3) is 0.840. The molecule has 30 atom stereocenters. The van der Waals surface area contributed by atoms with Gasteiger partial charge in [-0.3, -0.25) is 0 Å². The lowest BCUT2D eigenvalue weighted by atomic mass is 9.78. The van der Waals surface area contributed by atoms with E-state index < -0.39 is 133 Å². The van der Waals surface area contributed by atoms with E-state index in [1.807, 2.05) is 65.8 Å². The third-order valence-electron chi connectivity index (χ3n) is 21.9. The van der Waals surface area contributed by atoms with Crippen molar-refractivity contribution in [2.75, 3.05) is 28.4 Å². The highest BCUT2D eigenvalue weighted by molar-refractivity contribution is 5.88. The molecule has 20 heteroatoms. The van der Waals surface area contributed by atoms with E-state index in [1.54, 1.807) is 75.2 Å². The Morgan fingerprint density at radius 2 is 0.895 bits per heavy atom. The number of fused-ring (bicyclic) bond motifs is 4. The fourth-order valence-corrected chi connectivity index (χ4v) is 14.9. The van der Waals surface area contributed by atoms with E-state index in [9.17, 15) is 50.4 Å². The summed E-state index contributed by atoms with van der Waals surface area (Å²) in [7, 11) is 6.49. The fourth-order valence-electron chi connectivity index (χ4n) is 14.9. The Bertz CT molecular complexity index is 2410. The summed E-state index contributed by atoms with van der Waals surface area (Å²) in [5.74, 6) is -3.08. The lowest BCUT2D eigenvalue weighted by Crippen LogP contribution is -2.46. The molecule has 8 N–H and O–H groups in total. The predicted octanol–water partition coefficient (Wildman–Crippen LogP) is 8.61. The first-order valence-corrected chi connectivity index (χ1v) is 35.7. The van der Waals surface area contributed by atoms with Crippen LogP contribution >= 0.6 is 0 Å². The van der Waals surface area contributed by atoms with Gasteiger partial charge in [-0.2, -0.15) is 0 Å². The van der Waals surface area contributed by atoms with Crippen LogP contribution < -0.4 is 0 Å². The second kappa shape index (κ2) is 40.9. The number of hydrogen-bond acceptors (Lipinski definition) is 20. The van der Waals surface area contributed by atoms with Crippen LogP contribution in [0, 0.1) is 59.7 Å². The Kier molecular flexibility index (Phi) is 35.5. The highest BCUT2D eigenvalue weighted by Gasteiger charge is 2.43. The van der Waals surface area contributed by atoms with Crippen molar-refractivity contribution >= 4 is 11.9 Å². The second-order valence-corrected chi connectivity index (χ2v) is 29.3. The zero-order chi connectivity index (χ0) is 70.4. The van der Waals surface area contributed by atoms with E-state index in [1.165, 1.54) is 0 Å². The van der Waals surface area contributed by atoms with Crippen molar-refractivity contribution in [3.63, 3.8) is 0 Å². The van der Waals surface area contributed by atoms with Crippen molar-refractivity contribution in [2.45, 2.75) is 326 Å². The Labute approximate surface area is 569 Å². The van der Waals surface area contributed by atoms with Gasteiger partial charge < -0.3 is 88.2 Å². The van der Waals surface area contributed by atoms with Crippen molar-refractivity contribution < 1.29 is 97.8 Å². The number of carbonyl (C=O) groups excluding carboxylic acids is 2. The molecule has 5 rings (SSSR count). The molecule has 0 aromatic rings. The summed E-state index contributed by atoms with van der Waals surface area (Å²) in [6.45, 7) is 19.9. The molecule has 95 heavy (non-hydrogen) atoms. The summed E-state index contributed by atoms with van der Waals surface area (Å²) in [5.41, 5.74) is 0.450. The van der Waals surface area contributed by atoms with E-state index in [4.69, 9.17) is 53.8 Å². The maximum Gasteiger partial charge on any atom is 0.333 e. The average Bonchev–Trinajstić information content (AvgIpc) is 0.866. The van der Waals surface area contributed by atoms with Gasteiger partial charge in [0.1, 0.15) is 18.3 Å². The van der Waals surface area contributed by atoms with E-state index in [-0.39, 0.29) is 110 Å². The zero-order valence-electron chi connectivity index (χ0n) is 60.1. The number of aliphatic hydroxyl groups is 8. The molecule has 5 heterocycles. The van der Waals surface area contributed by atoms with E-state index >= 15 is 0 Å². The number of aliphatic hydroxyl groups excluding tert-OH is 8. The first kappa shape index (κ1) is 82.5. The van der Waals surface area contributed by atoms with Crippen molar-refractivity contribution in [3.8, 4) is 12.3 Å². The van der Waals surface area contributed by atoms with Crippen LogP contribution in [0.4, 0.5) is 0 Å². The highest BCUT2D eigenvalue weighted by Crippen LogP contribution is 2.37. The third kappa shape index (κ3) is 25.7. The molecule has 0 saturated carbocycles. The topological polar surface area (TPSA) is 288 Å². The number of rotatable bonds is 16. The smallest absolute Gasteiger partial charge is 0.333 e. The molecular formula is C75H126O20. The predicted molar refractivity (Wildman–Crippen MR) is 362 cm³/mol. The van der Waals surface area contributed by atoms with Crippen LogP contribution in [0.3, 0.4) is 0 Å². The number of cyclic esters (lactones) is 2. The van der Waals surface area contributed by atoms with Gasteiger partial charge in [-0.05, 0) is 116 Å². The third-order valence-corrected chi connectivity index (χ3v) is 21.9. The molecule has 5 aliphatic rings. The first-order chi connectivity index (χ1) is 45.0. The summed E-state index contributed by atoms with van der Waals surface area (Å²) < 4.78 is 61.4. The molecule has 2 fully saturated rings. The van der Waals surface area contributed by atoms with Crippen LogP contribution in [0.2, 0.25) is 0 Å². The summed E-state index contributed by atoms with van der Waals surface area (Å²) in [5, 5.41) is 94.8. The molecule has 0 spiro atoms. The zero-order valence-corrected chi connectivity index (χ0v) is 60.1. The quantitative estimate of drug-likeness (QED) is 0.0408. The van der Waals surface area contributed by atoms with Gasteiger partial charge in [0.2, 0.25) is 0 Å². The SMILES string of the molecule is C#C[C@H]1C[C@@H](OC)C[C@H](CC[C@@H](C)[C@H](O)[C@@H](C)[C@H]2OC(=O)/C(C)=C/C[C@H](O)C[C@@H]3C=CC[C@@H](CC(OC)[C@@H](C)[C@@H](O)C[C@@H](O)[C@H](C)[C@@H]([C@@H](C)[C@@H](O)[C@@H](C)CC[C@H]4C[C@H](OC)C[C@H](C)O4)OC(=O)/C(C)=C/C[C@H](O)C[C@@H]4C=CC[C@@H](C[C@H](OC)[C@@H](C)[C@@H](O)C[C@@H](O)[C@@H]2C)O4)O3)O1. The number of ether oxygens (including phenoxy) is 10. The molecule has 4 bridgehead atoms. The van der Waals surface area contributed by atoms with Crippen LogP contribution in [0.1, 0.15) is 192 Å². The molecule has 0 aliphatic carbocycles. The maximum atomic E-state index is 14.2. The van der Waals surface area contributed by atoms with Gasteiger partial charge in [-0.25, -0.2) is 9.59 Å². The lowest BCUT2D eigenvalue weighted by molar-refractivity contribution is -0.160. The van der Waals surface area contributed by atoms with Crippen LogP contribution in [-0.2, 0) is 57.0 Å².